The number of benzene rings is 10. The van der Waals surface area contributed by atoms with E-state index in [0.717, 1.165) is 44.1 Å². The summed E-state index contributed by atoms with van der Waals surface area (Å²) >= 11 is 0. The molecule has 5 aliphatic carbocycles. The monoisotopic (exact) mass is 2080 g/mol. The predicted octanol–water partition coefficient (Wildman–Crippen LogP) is 49.4. The van der Waals surface area contributed by atoms with Crippen molar-refractivity contribution in [2.75, 3.05) is 50.8 Å². The van der Waals surface area contributed by atoms with Gasteiger partial charge in [0, 0.05) is 123 Å². The smallest absolute Gasteiger partial charge is 0.0909 e. The quantitative estimate of drug-likeness (QED) is 0.170. The van der Waals surface area contributed by atoms with Gasteiger partial charge in [-0.3, -0.25) is 0 Å². The van der Waals surface area contributed by atoms with E-state index < -0.39 is 0 Å². The SMILES string of the molecule is C.C.C.C.C.C.C.C.C.C.CC.CC.CC.CC.CC.CC.CC.CC.CC.CC.CC.CC.CC.CC.CC.CCC.CCN1c2c(c3c(c4ccccc24)C[C@H](C)[C@@H]3C)[C@H](C)[C@@H]1C.CCN1c2c(c3c(c4ccccc24)C[C@H](C)[C@@H]3C)[C@H](C)[C@@H]1C.CCN1c2c(c3c(c4ccccc24)C[C@H](C)[C@@H]3C)[C@H](C)[C@@H]1C.C[C@@H]1c2c3c(c4ccccc4c2C[C@@H]1C)N(CN1c2c(c4c(c5ccccc25)C[C@H](C)[C@@H]4C)[C@H](C)[C@@H]1C)[C@@H](C)[C@H]3C. The number of anilines is 5. The summed E-state index contributed by atoms with van der Waals surface area (Å²) in [7, 11) is 0. The predicted molar refractivity (Wildman–Crippen MR) is 718 cm³/mol. The fourth-order valence-corrected chi connectivity index (χ4v) is 24.6. The number of likely N-dealkylation sites (N-methyl/N-ethyl adjacent to an activating group) is 3. The van der Waals surface area contributed by atoms with Crippen molar-refractivity contribution in [3.05, 3.63) is 205 Å². The Balaban J connectivity index is -0.000000200. The van der Waals surface area contributed by atoms with Gasteiger partial charge in [0.05, 0.1) is 18.0 Å². The van der Waals surface area contributed by atoms with Crippen molar-refractivity contribution in [3.63, 3.8) is 0 Å². The first-order valence-corrected chi connectivity index (χ1v) is 59.5. The van der Waals surface area contributed by atoms with E-state index in [1.54, 1.807) is 83.5 Å². The lowest BCUT2D eigenvalue weighted by molar-refractivity contribution is 0.519. The maximum atomic E-state index is 2.81. The summed E-state index contributed by atoms with van der Waals surface area (Å²) in [6.07, 6.45) is 7.42. The number of hydrogen-bond donors (Lipinski definition) is 0. The van der Waals surface area contributed by atoms with E-state index in [0.29, 0.717) is 101 Å². The van der Waals surface area contributed by atoms with Gasteiger partial charge >= 0.3 is 0 Å². The molecule has 0 spiro atoms. The lowest BCUT2D eigenvalue weighted by Gasteiger charge is -2.36. The minimum atomic E-state index is 0. The van der Waals surface area contributed by atoms with Gasteiger partial charge in [-0.05, 0) is 257 Å². The summed E-state index contributed by atoms with van der Waals surface area (Å²) in [6, 6.07) is 48.7. The van der Waals surface area contributed by atoms with Crippen LogP contribution >= 0.6 is 0 Å². The largest absolute Gasteiger partial charge is 0.368 e. The zero-order valence-electron chi connectivity index (χ0n) is 102. The van der Waals surface area contributed by atoms with Crippen LogP contribution in [-0.4, -0.2) is 56.5 Å². The first-order chi connectivity index (χ1) is 67.8. The van der Waals surface area contributed by atoms with E-state index >= 15 is 0 Å². The highest BCUT2D eigenvalue weighted by atomic mass is 15.4. The van der Waals surface area contributed by atoms with Crippen LogP contribution in [0.4, 0.5) is 28.4 Å². The van der Waals surface area contributed by atoms with Crippen molar-refractivity contribution in [1.82, 2.24) is 0 Å². The molecule has 150 heavy (non-hydrogen) atoms. The standard InChI is InChI=1S/C39H46N2.3C21H27N.C3H8.15C2H6.10CH4/c1-20-17-32-28-13-9-11-15-30(28)38-36(34(32)22(20)3)24(5)26(7)40(38)19-41-27(8)25(6)37-35-23(4)21(2)18-33(35)29-14-10-12-16-31(29)39(37)41;3*1-6-22-15(5)14(4)20-19-13(3)12(2)11-18(19)16-9-7-8-10-17(16)21(20)22;1-3-2;15*1-2;;;;;;;;;;/h9-16,20-27H,17-19H2,1-8H3;3*7-10,12-15H,6,11H2,1-5H3;3H2,1-2H3;15*1-2H3;10*1H4/t20-,21-,22-,23-,24+,25+,26-,27-;3*12-,13-,14+,15-;;;;;;;;;;;;;;;;;;;;;;;;;;/m0000........................../s1. The zero-order valence-corrected chi connectivity index (χ0v) is 102. The molecule has 20 rings (SSSR count). The summed E-state index contributed by atoms with van der Waals surface area (Å²) in [5.41, 5.74) is 32.6. The average molecular weight is 2080 g/mol. The molecule has 0 N–H and O–H groups in total. The van der Waals surface area contributed by atoms with E-state index in [2.05, 4.69) is 319 Å². The van der Waals surface area contributed by atoms with Gasteiger partial charge in [0.2, 0.25) is 0 Å². The van der Waals surface area contributed by atoms with Crippen LogP contribution in [0, 0.1) is 29.6 Å². The molecular formula is C145H265N5. The van der Waals surface area contributed by atoms with Crippen LogP contribution in [0.1, 0.15) is 604 Å². The Bertz CT molecular complexity index is 4790. The molecule has 10 aromatic carbocycles. The van der Waals surface area contributed by atoms with Crippen LogP contribution < -0.4 is 24.5 Å². The fourth-order valence-electron chi connectivity index (χ4n) is 24.6. The molecule has 0 saturated heterocycles. The van der Waals surface area contributed by atoms with Crippen molar-refractivity contribution < 1.29 is 0 Å². The topological polar surface area (TPSA) is 16.2 Å². The third-order valence-corrected chi connectivity index (χ3v) is 32.2. The Kier molecular flexibility index (Phi) is 86.1. The van der Waals surface area contributed by atoms with E-state index in [-0.39, 0.29) is 74.3 Å². The summed E-state index contributed by atoms with van der Waals surface area (Å²) < 4.78 is 0. The molecule has 0 radical (unpaired) electrons. The van der Waals surface area contributed by atoms with Gasteiger partial charge in [0.15, 0.2) is 0 Å². The van der Waals surface area contributed by atoms with Gasteiger partial charge in [-0.1, -0.05) is 527 Å². The molecule has 5 nitrogen and oxygen atoms in total. The Labute approximate surface area is 944 Å². The summed E-state index contributed by atoms with van der Waals surface area (Å²) in [5, 5.41) is 14.9. The third kappa shape index (κ3) is 30.9. The van der Waals surface area contributed by atoms with E-state index in [9.17, 15) is 0 Å². The molecule has 0 aromatic heterocycles. The fraction of sp³-hybridized carbons (Fsp3) is 0.655. The molecular weight excluding hydrogens is 1810 g/mol. The highest BCUT2D eigenvalue weighted by Crippen LogP contribution is 2.62. The van der Waals surface area contributed by atoms with Crippen LogP contribution in [0.25, 0.3) is 53.9 Å². The summed E-state index contributed by atoms with van der Waals surface area (Å²) in [6.45, 7) is 124. The molecule has 5 heterocycles. The van der Waals surface area contributed by atoms with Crippen LogP contribution in [0.5, 0.6) is 0 Å². The van der Waals surface area contributed by atoms with Crippen LogP contribution in [0.2, 0.25) is 0 Å². The van der Waals surface area contributed by atoms with E-state index in [1.165, 1.54) is 121 Å². The summed E-state index contributed by atoms with van der Waals surface area (Å²) in [5.74, 6) is 10.0. The molecule has 5 heteroatoms. The first-order valence-electron chi connectivity index (χ1n) is 59.5. The minimum absolute atomic E-state index is 0. The molecule has 0 bridgehead atoms. The molecule has 5 aliphatic heterocycles. The van der Waals surface area contributed by atoms with Crippen LogP contribution in [0.3, 0.4) is 0 Å². The lowest BCUT2D eigenvalue weighted by Crippen LogP contribution is -2.44. The normalized spacial score (nSPS) is 22.6. The lowest BCUT2D eigenvalue weighted by atomic mass is 9.85. The maximum Gasteiger partial charge on any atom is 0.0909 e. The highest BCUT2D eigenvalue weighted by molar-refractivity contribution is 6.07. The molecule has 0 unspecified atom stereocenters. The van der Waals surface area contributed by atoms with Crippen LogP contribution in [0.15, 0.2) is 121 Å². The molecule has 0 fully saturated rings. The van der Waals surface area contributed by atoms with Gasteiger partial charge in [-0.2, -0.15) is 0 Å². The van der Waals surface area contributed by atoms with Gasteiger partial charge < -0.3 is 24.5 Å². The van der Waals surface area contributed by atoms with Gasteiger partial charge in [0.25, 0.3) is 0 Å². The van der Waals surface area contributed by atoms with E-state index in [4.69, 9.17) is 0 Å². The number of rotatable bonds is 5. The molecule has 20 atom stereocenters. The molecule has 0 amide bonds. The second kappa shape index (κ2) is 79.5. The Morgan fingerprint density at radius 1 is 0.167 bits per heavy atom. The van der Waals surface area contributed by atoms with Gasteiger partial charge in [0.1, 0.15) is 0 Å². The van der Waals surface area contributed by atoms with Crippen molar-refractivity contribution >= 4 is 82.3 Å². The van der Waals surface area contributed by atoms with E-state index in [1.807, 2.05) is 208 Å². The molecule has 10 aliphatic rings. The van der Waals surface area contributed by atoms with Crippen molar-refractivity contribution in [3.8, 4) is 0 Å². The Morgan fingerprint density at radius 3 is 0.407 bits per heavy atom. The zero-order chi connectivity index (χ0) is 108. The third-order valence-electron chi connectivity index (χ3n) is 32.2. The highest BCUT2D eigenvalue weighted by Gasteiger charge is 2.49. The number of nitrogens with zero attached hydrogens (tertiary/aromatic N) is 5. The Hall–Kier alpha value is -7.50. The van der Waals surface area contributed by atoms with Gasteiger partial charge in [-0.15, -0.1) is 0 Å². The maximum absolute atomic E-state index is 2.81. The average Bonchev–Trinajstić information content (AvgIpc) is 1.55. The molecule has 0 saturated carbocycles. The number of fused-ring (bicyclic) bond motifs is 30. The van der Waals surface area contributed by atoms with Crippen molar-refractivity contribution in [2.45, 2.75) is 583 Å². The second-order valence-electron chi connectivity index (χ2n) is 37.6. The van der Waals surface area contributed by atoms with Crippen molar-refractivity contribution in [1.29, 1.82) is 0 Å². The van der Waals surface area contributed by atoms with Crippen LogP contribution in [-0.2, 0) is 32.1 Å². The number of hydrogen-bond acceptors (Lipinski definition) is 5. The Morgan fingerprint density at radius 2 is 0.280 bits per heavy atom. The first kappa shape index (κ1) is 163. The summed E-state index contributed by atoms with van der Waals surface area (Å²) in [4.78, 5) is 13.5. The van der Waals surface area contributed by atoms with Crippen molar-refractivity contribution in [2.24, 2.45) is 29.6 Å². The molecule has 870 valence electrons. The van der Waals surface area contributed by atoms with Gasteiger partial charge in [-0.25, -0.2) is 0 Å². The molecule has 10 aromatic rings. The second-order valence-corrected chi connectivity index (χ2v) is 37.6. The minimum Gasteiger partial charge on any atom is -0.368 e.